The Morgan fingerprint density at radius 3 is 2.92 bits per heavy atom. The molecule has 4 rings (SSSR count). The molecule has 0 bridgehead atoms. The highest BCUT2D eigenvalue weighted by Crippen LogP contribution is 2.24. The van der Waals surface area contributed by atoms with Gasteiger partial charge >= 0.3 is 0 Å². The van der Waals surface area contributed by atoms with Gasteiger partial charge in [0, 0.05) is 56.9 Å². The van der Waals surface area contributed by atoms with Gasteiger partial charge in [-0.1, -0.05) is 0 Å². The summed E-state index contributed by atoms with van der Waals surface area (Å²) in [6.45, 7) is 2.85. The maximum absolute atomic E-state index is 13.0. The molecule has 24 heavy (non-hydrogen) atoms. The summed E-state index contributed by atoms with van der Waals surface area (Å²) in [5, 5.41) is 10.9. The van der Waals surface area contributed by atoms with Gasteiger partial charge in [0.2, 0.25) is 5.91 Å². The van der Waals surface area contributed by atoms with Crippen LogP contribution < -0.4 is 10.6 Å². The minimum Gasteiger partial charge on any atom is -0.353 e. The largest absolute Gasteiger partial charge is 0.353 e. The summed E-state index contributed by atoms with van der Waals surface area (Å²) in [5.74, 6) is 0.000141. The molecule has 2 aliphatic heterocycles. The van der Waals surface area contributed by atoms with Crippen molar-refractivity contribution in [2.24, 2.45) is 13.0 Å². The molecule has 2 N–H and O–H groups in total. The van der Waals surface area contributed by atoms with E-state index in [1.54, 1.807) is 0 Å². The number of nitrogens with one attached hydrogen (secondary N) is 2. The van der Waals surface area contributed by atoms with Gasteiger partial charge in [-0.05, 0) is 25.7 Å². The zero-order valence-electron chi connectivity index (χ0n) is 14.2. The van der Waals surface area contributed by atoms with Gasteiger partial charge in [0.25, 0.3) is 5.91 Å². The molecule has 1 saturated heterocycles. The molecular formula is C17H25N5O2. The van der Waals surface area contributed by atoms with Crippen molar-refractivity contribution in [2.75, 3.05) is 19.6 Å². The van der Waals surface area contributed by atoms with Crippen LogP contribution in [0, 0.1) is 5.92 Å². The number of hydrogen-bond donors (Lipinski definition) is 2. The number of likely N-dealkylation sites (tertiary alicyclic amines) is 1. The van der Waals surface area contributed by atoms with E-state index in [4.69, 9.17) is 0 Å². The van der Waals surface area contributed by atoms with Crippen LogP contribution in [0.25, 0.3) is 0 Å². The Labute approximate surface area is 141 Å². The first-order valence-corrected chi connectivity index (χ1v) is 8.98. The second kappa shape index (κ2) is 6.20. The summed E-state index contributed by atoms with van der Waals surface area (Å²) < 4.78 is 1.84. The highest BCUT2D eigenvalue weighted by molar-refractivity contribution is 5.94. The van der Waals surface area contributed by atoms with Crippen molar-refractivity contribution in [2.45, 2.75) is 44.7 Å². The van der Waals surface area contributed by atoms with E-state index in [0.717, 1.165) is 49.9 Å². The number of aromatic nitrogens is 2. The summed E-state index contributed by atoms with van der Waals surface area (Å²) >= 11 is 0. The number of carbonyl (C=O) groups is 2. The summed E-state index contributed by atoms with van der Waals surface area (Å²) in [4.78, 5) is 27.1. The lowest BCUT2D eigenvalue weighted by Crippen LogP contribution is -2.46. The summed E-state index contributed by atoms with van der Waals surface area (Å²) in [6, 6.07) is 0.373. The zero-order valence-corrected chi connectivity index (χ0v) is 14.2. The van der Waals surface area contributed by atoms with Crippen molar-refractivity contribution in [3.05, 3.63) is 17.0 Å². The third-order valence-corrected chi connectivity index (χ3v) is 5.32. The Morgan fingerprint density at radius 1 is 1.29 bits per heavy atom. The maximum atomic E-state index is 13.0. The fraction of sp³-hybridized carbons (Fsp3) is 0.706. The normalized spacial score (nSPS) is 23.7. The molecule has 1 aromatic heterocycles. The van der Waals surface area contributed by atoms with Gasteiger partial charge in [-0.15, -0.1) is 0 Å². The highest BCUT2D eigenvalue weighted by Gasteiger charge is 2.34. The standard InChI is InChI=1S/C17H25N5O2/c1-21-14-6-7-18-9-13(14)15(20-21)17(24)22-8-2-3-11(10-22)16(23)19-12-4-5-12/h11-12,18H,2-10H2,1H3,(H,19,23)/t11-/m1/s1. The number of nitrogens with zero attached hydrogens (tertiary/aromatic N) is 3. The Hall–Kier alpha value is -1.89. The molecule has 1 saturated carbocycles. The Bertz CT molecular complexity index is 664. The van der Waals surface area contributed by atoms with Crippen molar-refractivity contribution in [1.29, 1.82) is 0 Å². The predicted octanol–water partition coefficient (Wildman–Crippen LogP) is 0.197. The van der Waals surface area contributed by atoms with E-state index in [0.29, 0.717) is 31.4 Å². The summed E-state index contributed by atoms with van der Waals surface area (Å²) in [6.07, 6.45) is 4.83. The van der Waals surface area contributed by atoms with E-state index in [1.807, 2.05) is 16.6 Å². The van der Waals surface area contributed by atoms with E-state index in [2.05, 4.69) is 15.7 Å². The Balaban J connectivity index is 1.48. The molecule has 2 amide bonds. The molecule has 3 heterocycles. The van der Waals surface area contributed by atoms with Crippen LogP contribution in [0.4, 0.5) is 0 Å². The topological polar surface area (TPSA) is 79.3 Å². The molecule has 0 radical (unpaired) electrons. The number of aryl methyl sites for hydroxylation is 1. The maximum Gasteiger partial charge on any atom is 0.274 e. The monoisotopic (exact) mass is 331 g/mol. The number of fused-ring (bicyclic) bond motifs is 1. The van der Waals surface area contributed by atoms with Gasteiger partial charge in [0.1, 0.15) is 0 Å². The van der Waals surface area contributed by atoms with Crippen LogP contribution in [-0.2, 0) is 24.8 Å². The molecular weight excluding hydrogens is 306 g/mol. The second-order valence-corrected chi connectivity index (χ2v) is 7.20. The number of amides is 2. The molecule has 2 fully saturated rings. The van der Waals surface area contributed by atoms with Gasteiger partial charge in [-0.3, -0.25) is 14.3 Å². The van der Waals surface area contributed by atoms with E-state index < -0.39 is 0 Å². The lowest BCUT2D eigenvalue weighted by molar-refractivity contribution is -0.126. The first-order valence-electron chi connectivity index (χ1n) is 8.98. The van der Waals surface area contributed by atoms with E-state index in [9.17, 15) is 9.59 Å². The smallest absolute Gasteiger partial charge is 0.274 e. The van der Waals surface area contributed by atoms with Crippen molar-refractivity contribution in [3.63, 3.8) is 0 Å². The van der Waals surface area contributed by atoms with Crippen LogP contribution >= 0.6 is 0 Å². The predicted molar refractivity (Wildman–Crippen MR) is 88.4 cm³/mol. The number of carbonyl (C=O) groups excluding carboxylic acids is 2. The third-order valence-electron chi connectivity index (χ3n) is 5.32. The molecule has 1 atom stereocenters. The first kappa shape index (κ1) is 15.6. The van der Waals surface area contributed by atoms with E-state index in [-0.39, 0.29) is 17.7 Å². The van der Waals surface area contributed by atoms with Crippen molar-refractivity contribution >= 4 is 11.8 Å². The molecule has 7 nitrogen and oxygen atoms in total. The minimum atomic E-state index is -0.0824. The fourth-order valence-corrected chi connectivity index (χ4v) is 3.77. The molecule has 0 spiro atoms. The molecule has 0 unspecified atom stereocenters. The van der Waals surface area contributed by atoms with Gasteiger partial charge in [-0.25, -0.2) is 0 Å². The van der Waals surface area contributed by atoms with Gasteiger partial charge < -0.3 is 15.5 Å². The SMILES string of the molecule is Cn1nc(C(=O)N2CCC[C@@H](C(=O)NC3CC3)C2)c2c1CCNC2. The van der Waals surface area contributed by atoms with Gasteiger partial charge in [-0.2, -0.15) is 5.10 Å². The number of piperidine rings is 1. The number of hydrogen-bond acceptors (Lipinski definition) is 4. The average Bonchev–Trinajstić information content (AvgIpc) is 3.36. The van der Waals surface area contributed by atoms with Crippen LogP contribution in [0.5, 0.6) is 0 Å². The van der Waals surface area contributed by atoms with Gasteiger partial charge in [0.15, 0.2) is 5.69 Å². The lowest BCUT2D eigenvalue weighted by Gasteiger charge is -2.32. The first-order chi connectivity index (χ1) is 11.6. The van der Waals surface area contributed by atoms with Crippen LogP contribution in [0.1, 0.15) is 47.4 Å². The number of rotatable bonds is 3. The van der Waals surface area contributed by atoms with Crippen molar-refractivity contribution in [1.82, 2.24) is 25.3 Å². The van der Waals surface area contributed by atoms with E-state index >= 15 is 0 Å². The van der Waals surface area contributed by atoms with E-state index in [1.165, 1.54) is 0 Å². The van der Waals surface area contributed by atoms with Crippen molar-refractivity contribution < 1.29 is 9.59 Å². The molecule has 130 valence electrons. The van der Waals surface area contributed by atoms with Crippen LogP contribution in [0.3, 0.4) is 0 Å². The molecule has 0 aromatic carbocycles. The minimum absolute atomic E-state index is 0.0283. The molecule has 1 aliphatic carbocycles. The quantitative estimate of drug-likeness (QED) is 0.829. The fourth-order valence-electron chi connectivity index (χ4n) is 3.77. The molecule has 1 aromatic rings. The second-order valence-electron chi connectivity index (χ2n) is 7.20. The summed E-state index contributed by atoms with van der Waals surface area (Å²) in [5.41, 5.74) is 2.73. The molecule has 7 heteroatoms. The van der Waals surface area contributed by atoms with Crippen LogP contribution in [0.15, 0.2) is 0 Å². The Kier molecular flexibility index (Phi) is 4.04. The van der Waals surface area contributed by atoms with Crippen molar-refractivity contribution in [3.8, 4) is 0 Å². The lowest BCUT2D eigenvalue weighted by atomic mass is 9.96. The highest BCUT2D eigenvalue weighted by atomic mass is 16.2. The Morgan fingerprint density at radius 2 is 2.12 bits per heavy atom. The third kappa shape index (κ3) is 2.92. The van der Waals surface area contributed by atoms with Crippen LogP contribution in [0.2, 0.25) is 0 Å². The molecule has 3 aliphatic rings. The summed E-state index contributed by atoms with van der Waals surface area (Å²) in [7, 11) is 1.91. The van der Waals surface area contributed by atoms with Crippen LogP contribution in [-0.4, -0.2) is 52.2 Å². The zero-order chi connectivity index (χ0) is 16.7. The average molecular weight is 331 g/mol. The van der Waals surface area contributed by atoms with Gasteiger partial charge in [0.05, 0.1) is 5.92 Å².